The highest BCUT2D eigenvalue weighted by molar-refractivity contribution is 5.97. The number of rotatable bonds is 13. The van der Waals surface area contributed by atoms with E-state index in [1.165, 1.54) is 0 Å². The summed E-state index contributed by atoms with van der Waals surface area (Å²) in [6.45, 7) is 11.9. The fourth-order valence-corrected chi connectivity index (χ4v) is 2.31. The van der Waals surface area contributed by atoms with Gasteiger partial charge in [0, 0.05) is 25.0 Å². The van der Waals surface area contributed by atoms with Gasteiger partial charge in [-0.2, -0.15) is 0 Å². The van der Waals surface area contributed by atoms with E-state index in [1.807, 2.05) is 0 Å². The second-order valence-electron chi connectivity index (χ2n) is 6.05. The molecule has 0 aliphatic rings. The molecule has 7 nitrogen and oxygen atoms in total. The Morgan fingerprint density at radius 1 is 1.07 bits per heavy atom. The van der Waals surface area contributed by atoms with Gasteiger partial charge in [0.05, 0.1) is 19.8 Å². The summed E-state index contributed by atoms with van der Waals surface area (Å²) in [4.78, 5) is 26.4. The monoisotopic (exact) mass is 390 g/mol. The topological polar surface area (TPSA) is 77.1 Å². The van der Waals surface area contributed by atoms with E-state index >= 15 is 0 Å². The van der Waals surface area contributed by atoms with Crippen molar-refractivity contribution in [2.24, 2.45) is 0 Å². The second kappa shape index (κ2) is 12.8. The Bertz CT molecular complexity index is 645. The maximum Gasteiger partial charge on any atom is 0.255 e. The van der Waals surface area contributed by atoms with E-state index in [-0.39, 0.29) is 11.8 Å². The van der Waals surface area contributed by atoms with Gasteiger partial charge in [0.2, 0.25) is 0 Å². The Labute approximate surface area is 166 Å². The highest BCUT2D eigenvalue weighted by Gasteiger charge is 2.22. The van der Waals surface area contributed by atoms with Gasteiger partial charge < -0.3 is 24.4 Å². The molecule has 154 valence electrons. The van der Waals surface area contributed by atoms with E-state index in [4.69, 9.17) is 14.2 Å². The fraction of sp³-hybridized carbons (Fsp3) is 0.429. The lowest BCUT2D eigenvalue weighted by atomic mass is 10.2. The Balaban J connectivity index is 2.84. The van der Waals surface area contributed by atoms with Crippen LogP contribution in [0.15, 0.2) is 49.6 Å². The van der Waals surface area contributed by atoms with Gasteiger partial charge in [-0.05, 0) is 38.1 Å². The molecule has 0 saturated carbocycles. The van der Waals surface area contributed by atoms with E-state index in [9.17, 15) is 9.59 Å². The van der Waals surface area contributed by atoms with Crippen molar-refractivity contribution >= 4 is 23.2 Å². The first-order valence-electron chi connectivity index (χ1n) is 9.10. The normalized spacial score (nSPS) is 12.7. The Kier molecular flexibility index (Phi) is 10.8. The van der Waals surface area contributed by atoms with Crippen LogP contribution in [0, 0.1) is 0 Å². The minimum Gasteiger partial charge on any atom is -0.383 e. The summed E-state index contributed by atoms with van der Waals surface area (Å²) in [6.07, 6.45) is 1.97. The quantitative estimate of drug-likeness (QED) is 0.524. The smallest absolute Gasteiger partial charge is 0.255 e. The lowest BCUT2D eigenvalue weighted by Gasteiger charge is -2.26. The standard InChI is InChI=1S/C21H30N2O5/c1-6-13-27-16(3)20(24)22-18-8-10-19(11-9-18)23(12-15-26-5)21(25)17(4)28-14-7-2/h6-11,16-17H,1-2,12-15H2,3-5H3,(H,22,24)/t16-,17+/m1/s1. The molecule has 28 heavy (non-hydrogen) atoms. The number of ether oxygens (including phenoxy) is 3. The number of anilines is 2. The number of benzene rings is 1. The lowest BCUT2D eigenvalue weighted by Crippen LogP contribution is -2.41. The molecule has 0 heterocycles. The van der Waals surface area contributed by atoms with Crippen molar-refractivity contribution in [3.05, 3.63) is 49.6 Å². The molecule has 0 aliphatic carbocycles. The minimum absolute atomic E-state index is 0.179. The number of hydrogen-bond acceptors (Lipinski definition) is 5. The third-order valence-corrected chi connectivity index (χ3v) is 3.88. The molecule has 0 fully saturated rings. The summed E-state index contributed by atoms with van der Waals surface area (Å²) in [7, 11) is 1.58. The average Bonchev–Trinajstić information content (AvgIpc) is 2.71. The molecule has 0 bridgehead atoms. The van der Waals surface area contributed by atoms with E-state index in [0.29, 0.717) is 37.7 Å². The predicted octanol–water partition coefficient (Wildman–Crippen LogP) is 2.79. The second-order valence-corrected chi connectivity index (χ2v) is 6.05. The van der Waals surface area contributed by atoms with Crippen LogP contribution in [0.3, 0.4) is 0 Å². The number of nitrogens with one attached hydrogen (secondary N) is 1. The summed E-state index contributed by atoms with van der Waals surface area (Å²) in [6, 6.07) is 6.99. The van der Waals surface area contributed by atoms with Crippen molar-refractivity contribution in [1.82, 2.24) is 0 Å². The van der Waals surface area contributed by atoms with Crippen LogP contribution in [-0.2, 0) is 23.8 Å². The molecule has 1 rings (SSSR count). The highest BCUT2D eigenvalue weighted by Crippen LogP contribution is 2.20. The molecule has 0 unspecified atom stereocenters. The van der Waals surface area contributed by atoms with E-state index in [2.05, 4.69) is 18.5 Å². The number of carbonyl (C=O) groups is 2. The Hall–Kier alpha value is -2.48. The summed E-state index contributed by atoms with van der Waals surface area (Å²) in [5, 5.41) is 2.78. The number of hydrogen-bond donors (Lipinski definition) is 1. The Morgan fingerprint density at radius 3 is 2.18 bits per heavy atom. The zero-order valence-electron chi connectivity index (χ0n) is 16.8. The summed E-state index contributed by atoms with van der Waals surface area (Å²) in [5.41, 5.74) is 1.29. The number of nitrogens with zero attached hydrogens (tertiary/aromatic N) is 1. The van der Waals surface area contributed by atoms with E-state index in [0.717, 1.165) is 0 Å². The molecule has 0 saturated heterocycles. The third kappa shape index (κ3) is 7.64. The van der Waals surface area contributed by atoms with Gasteiger partial charge in [-0.1, -0.05) is 12.2 Å². The van der Waals surface area contributed by atoms with Crippen LogP contribution >= 0.6 is 0 Å². The van der Waals surface area contributed by atoms with Crippen molar-refractivity contribution in [2.75, 3.05) is 43.7 Å². The lowest BCUT2D eigenvalue weighted by molar-refractivity contribution is -0.128. The molecule has 7 heteroatoms. The molecule has 0 aliphatic heterocycles. The molecule has 0 spiro atoms. The zero-order valence-corrected chi connectivity index (χ0v) is 16.8. The van der Waals surface area contributed by atoms with Crippen molar-refractivity contribution in [1.29, 1.82) is 0 Å². The van der Waals surface area contributed by atoms with Crippen LogP contribution in [-0.4, -0.2) is 57.5 Å². The van der Waals surface area contributed by atoms with Gasteiger partial charge in [-0.3, -0.25) is 9.59 Å². The van der Waals surface area contributed by atoms with Crippen LogP contribution in [0.25, 0.3) is 0 Å². The SMILES string of the molecule is C=CCO[C@@H](C)C(=O)N(CCOC)c1ccc(NC(=O)[C@@H](C)OCC=C)cc1. The molecule has 1 aromatic carbocycles. The number of amides is 2. The maximum absolute atomic E-state index is 12.7. The Morgan fingerprint density at radius 2 is 1.64 bits per heavy atom. The van der Waals surface area contributed by atoms with Crippen LogP contribution in [0.4, 0.5) is 11.4 Å². The molecule has 1 aromatic rings. The largest absolute Gasteiger partial charge is 0.383 e. The third-order valence-electron chi connectivity index (χ3n) is 3.88. The molecular weight excluding hydrogens is 360 g/mol. The molecule has 2 atom stereocenters. The molecule has 1 N–H and O–H groups in total. The van der Waals surface area contributed by atoms with Crippen molar-refractivity contribution in [3.63, 3.8) is 0 Å². The van der Waals surface area contributed by atoms with Gasteiger partial charge in [-0.15, -0.1) is 13.2 Å². The average molecular weight is 390 g/mol. The molecule has 0 radical (unpaired) electrons. The molecular formula is C21H30N2O5. The van der Waals surface area contributed by atoms with Crippen LogP contribution in [0.5, 0.6) is 0 Å². The molecule has 2 amide bonds. The van der Waals surface area contributed by atoms with Crippen molar-refractivity contribution in [3.8, 4) is 0 Å². The maximum atomic E-state index is 12.7. The first-order chi connectivity index (χ1) is 13.4. The molecule has 0 aromatic heterocycles. The minimum atomic E-state index is -0.614. The first kappa shape index (κ1) is 23.6. The fourth-order valence-electron chi connectivity index (χ4n) is 2.31. The summed E-state index contributed by atoms with van der Waals surface area (Å²) < 4.78 is 15.9. The van der Waals surface area contributed by atoms with Gasteiger partial charge in [0.15, 0.2) is 0 Å². The van der Waals surface area contributed by atoms with Crippen LogP contribution in [0.1, 0.15) is 13.8 Å². The van der Waals surface area contributed by atoms with Gasteiger partial charge in [0.1, 0.15) is 12.2 Å². The summed E-state index contributed by atoms with van der Waals surface area (Å²) >= 11 is 0. The predicted molar refractivity (Wildman–Crippen MR) is 111 cm³/mol. The van der Waals surface area contributed by atoms with Gasteiger partial charge in [0.25, 0.3) is 11.8 Å². The van der Waals surface area contributed by atoms with Crippen LogP contribution < -0.4 is 10.2 Å². The van der Waals surface area contributed by atoms with Gasteiger partial charge >= 0.3 is 0 Å². The van der Waals surface area contributed by atoms with Crippen LogP contribution in [0.2, 0.25) is 0 Å². The van der Waals surface area contributed by atoms with Crippen molar-refractivity contribution in [2.45, 2.75) is 26.1 Å². The zero-order chi connectivity index (χ0) is 20.9. The van der Waals surface area contributed by atoms with E-state index < -0.39 is 12.2 Å². The van der Waals surface area contributed by atoms with E-state index in [1.54, 1.807) is 62.3 Å². The number of methoxy groups -OCH3 is 1. The first-order valence-corrected chi connectivity index (χ1v) is 9.10. The highest BCUT2D eigenvalue weighted by atomic mass is 16.5. The number of carbonyl (C=O) groups excluding carboxylic acids is 2. The van der Waals surface area contributed by atoms with Crippen molar-refractivity contribution < 1.29 is 23.8 Å². The van der Waals surface area contributed by atoms with Gasteiger partial charge in [-0.25, -0.2) is 0 Å². The summed E-state index contributed by atoms with van der Waals surface area (Å²) in [5.74, 6) is -0.435.